The summed E-state index contributed by atoms with van der Waals surface area (Å²) in [5.74, 6) is 2.18. The maximum atomic E-state index is 5.97. The fourth-order valence-electron chi connectivity index (χ4n) is 2.09. The summed E-state index contributed by atoms with van der Waals surface area (Å²) >= 11 is 11.9. The van der Waals surface area contributed by atoms with Crippen LogP contribution in [-0.2, 0) is 0 Å². The number of halogens is 2. The second-order valence-corrected chi connectivity index (χ2v) is 5.23. The zero-order valence-corrected chi connectivity index (χ0v) is 8.09. The first-order chi connectivity index (χ1) is 5.20. The SMILES string of the molecule is ClC1(Cl)C[C]1C1CCCCC1. The van der Waals surface area contributed by atoms with Crippen molar-refractivity contribution in [1.29, 1.82) is 0 Å². The minimum atomic E-state index is -0.415. The van der Waals surface area contributed by atoms with E-state index in [-0.39, 0.29) is 0 Å². The van der Waals surface area contributed by atoms with Crippen molar-refractivity contribution < 1.29 is 0 Å². The van der Waals surface area contributed by atoms with Gasteiger partial charge in [-0.15, -0.1) is 23.2 Å². The average Bonchev–Trinajstić information content (AvgIpc) is 2.62. The lowest BCUT2D eigenvalue weighted by Gasteiger charge is -2.21. The van der Waals surface area contributed by atoms with Crippen molar-refractivity contribution in [3.63, 3.8) is 0 Å². The molecular formula is C9H13Cl2. The van der Waals surface area contributed by atoms with E-state index in [1.807, 2.05) is 0 Å². The second-order valence-electron chi connectivity index (χ2n) is 3.74. The molecule has 0 unspecified atom stereocenters. The molecule has 1 radical (unpaired) electrons. The second kappa shape index (κ2) is 2.81. The molecule has 0 saturated heterocycles. The highest BCUT2D eigenvalue weighted by atomic mass is 35.5. The van der Waals surface area contributed by atoms with Gasteiger partial charge in [-0.05, 0) is 25.2 Å². The van der Waals surface area contributed by atoms with Gasteiger partial charge in [-0.25, -0.2) is 0 Å². The van der Waals surface area contributed by atoms with Crippen LogP contribution >= 0.6 is 23.2 Å². The van der Waals surface area contributed by atoms with Gasteiger partial charge >= 0.3 is 0 Å². The van der Waals surface area contributed by atoms with Gasteiger partial charge < -0.3 is 0 Å². The highest BCUT2D eigenvalue weighted by molar-refractivity contribution is 6.53. The highest BCUT2D eigenvalue weighted by Crippen LogP contribution is 2.61. The van der Waals surface area contributed by atoms with Crippen LogP contribution < -0.4 is 0 Å². The third-order valence-corrected chi connectivity index (χ3v) is 3.61. The number of alkyl halides is 2. The van der Waals surface area contributed by atoms with Crippen LogP contribution in [-0.4, -0.2) is 4.33 Å². The van der Waals surface area contributed by atoms with Crippen LogP contribution in [0.25, 0.3) is 0 Å². The Labute approximate surface area is 78.3 Å². The van der Waals surface area contributed by atoms with Gasteiger partial charge in [-0.2, -0.15) is 0 Å². The van der Waals surface area contributed by atoms with Gasteiger partial charge in [0.25, 0.3) is 0 Å². The molecule has 0 aromatic carbocycles. The van der Waals surface area contributed by atoms with E-state index in [4.69, 9.17) is 23.2 Å². The largest absolute Gasteiger partial charge is 0.125 e. The molecule has 0 heterocycles. The van der Waals surface area contributed by atoms with E-state index < -0.39 is 4.33 Å². The highest BCUT2D eigenvalue weighted by Gasteiger charge is 2.55. The molecule has 0 spiro atoms. The van der Waals surface area contributed by atoms with E-state index in [0.29, 0.717) is 0 Å². The standard InChI is InChI=1S/C9H13Cl2/c10-9(11)6-8(9)7-4-2-1-3-5-7/h7H,1-6H2. The van der Waals surface area contributed by atoms with Gasteiger partial charge in [0.15, 0.2) is 0 Å². The Balaban J connectivity index is 1.86. The van der Waals surface area contributed by atoms with Crippen LogP contribution in [0.15, 0.2) is 0 Å². The van der Waals surface area contributed by atoms with Crippen LogP contribution in [0.4, 0.5) is 0 Å². The van der Waals surface area contributed by atoms with Crippen LogP contribution in [0.3, 0.4) is 0 Å². The van der Waals surface area contributed by atoms with Crippen LogP contribution in [0, 0.1) is 11.8 Å². The van der Waals surface area contributed by atoms with E-state index in [0.717, 1.165) is 12.3 Å². The Kier molecular flexibility index (Phi) is 2.09. The minimum Gasteiger partial charge on any atom is -0.101 e. The van der Waals surface area contributed by atoms with Gasteiger partial charge in [0.2, 0.25) is 0 Å². The predicted octanol–water partition coefficient (Wildman–Crippen LogP) is 3.72. The van der Waals surface area contributed by atoms with Crippen molar-refractivity contribution in [3.8, 4) is 0 Å². The zero-order valence-electron chi connectivity index (χ0n) is 6.58. The molecule has 0 aliphatic heterocycles. The Morgan fingerprint density at radius 2 is 1.64 bits per heavy atom. The topological polar surface area (TPSA) is 0 Å². The first kappa shape index (κ1) is 8.19. The van der Waals surface area contributed by atoms with E-state index in [1.54, 1.807) is 0 Å². The fraction of sp³-hybridized carbons (Fsp3) is 0.889. The van der Waals surface area contributed by atoms with Gasteiger partial charge in [0.1, 0.15) is 4.33 Å². The number of hydrogen-bond acceptors (Lipinski definition) is 0. The quantitative estimate of drug-likeness (QED) is 0.555. The monoisotopic (exact) mass is 191 g/mol. The normalized spacial score (nSPS) is 32.2. The molecule has 2 aliphatic carbocycles. The predicted molar refractivity (Wildman–Crippen MR) is 48.9 cm³/mol. The van der Waals surface area contributed by atoms with Crippen molar-refractivity contribution in [1.82, 2.24) is 0 Å². The van der Waals surface area contributed by atoms with Crippen molar-refractivity contribution in [2.24, 2.45) is 5.92 Å². The summed E-state index contributed by atoms with van der Waals surface area (Å²) in [6, 6.07) is 0. The van der Waals surface area contributed by atoms with Gasteiger partial charge in [0, 0.05) is 5.92 Å². The summed E-state index contributed by atoms with van der Waals surface area (Å²) in [6.07, 6.45) is 7.77. The van der Waals surface area contributed by atoms with Crippen molar-refractivity contribution in [2.45, 2.75) is 42.9 Å². The lowest BCUT2D eigenvalue weighted by atomic mass is 9.86. The summed E-state index contributed by atoms with van der Waals surface area (Å²) in [5.41, 5.74) is 0. The van der Waals surface area contributed by atoms with Gasteiger partial charge in [-0.3, -0.25) is 0 Å². The molecule has 63 valence electrons. The Bertz CT molecular complexity index is 148. The summed E-state index contributed by atoms with van der Waals surface area (Å²) in [6.45, 7) is 0. The lowest BCUT2D eigenvalue weighted by Crippen LogP contribution is -2.10. The molecule has 0 amide bonds. The molecule has 2 aliphatic rings. The summed E-state index contributed by atoms with van der Waals surface area (Å²) in [4.78, 5) is 0. The summed E-state index contributed by atoms with van der Waals surface area (Å²) in [7, 11) is 0. The molecule has 0 bridgehead atoms. The molecule has 2 heteroatoms. The molecule has 0 aromatic rings. The maximum absolute atomic E-state index is 5.97. The van der Waals surface area contributed by atoms with Gasteiger partial charge in [0.05, 0.1) is 0 Å². The Morgan fingerprint density at radius 1 is 1.09 bits per heavy atom. The first-order valence-electron chi connectivity index (χ1n) is 4.44. The van der Waals surface area contributed by atoms with Crippen LogP contribution in [0.5, 0.6) is 0 Å². The summed E-state index contributed by atoms with van der Waals surface area (Å²) in [5, 5.41) is 0. The number of rotatable bonds is 1. The molecule has 0 atom stereocenters. The molecular weight excluding hydrogens is 179 g/mol. The van der Waals surface area contributed by atoms with Gasteiger partial charge in [-0.1, -0.05) is 19.3 Å². The third kappa shape index (κ3) is 1.67. The molecule has 0 N–H and O–H groups in total. The Morgan fingerprint density at radius 3 is 2.09 bits per heavy atom. The third-order valence-electron chi connectivity index (χ3n) is 2.86. The van der Waals surface area contributed by atoms with Crippen molar-refractivity contribution >= 4 is 23.2 Å². The van der Waals surface area contributed by atoms with Crippen molar-refractivity contribution in [2.75, 3.05) is 0 Å². The smallest absolute Gasteiger partial charge is 0.101 e. The first-order valence-corrected chi connectivity index (χ1v) is 5.20. The fourth-order valence-corrected chi connectivity index (χ4v) is 2.69. The van der Waals surface area contributed by atoms with E-state index in [2.05, 4.69) is 0 Å². The van der Waals surface area contributed by atoms with E-state index in [1.165, 1.54) is 38.0 Å². The average molecular weight is 192 g/mol. The summed E-state index contributed by atoms with van der Waals surface area (Å²) < 4.78 is -0.415. The zero-order chi connectivity index (χ0) is 7.90. The lowest BCUT2D eigenvalue weighted by molar-refractivity contribution is 0.390. The van der Waals surface area contributed by atoms with E-state index in [9.17, 15) is 0 Å². The Hall–Kier alpha value is 0.580. The molecule has 11 heavy (non-hydrogen) atoms. The number of hydrogen-bond donors (Lipinski definition) is 0. The van der Waals surface area contributed by atoms with Crippen LogP contribution in [0.1, 0.15) is 38.5 Å². The molecule has 2 fully saturated rings. The van der Waals surface area contributed by atoms with Crippen molar-refractivity contribution in [3.05, 3.63) is 5.92 Å². The molecule has 2 saturated carbocycles. The van der Waals surface area contributed by atoms with E-state index >= 15 is 0 Å². The maximum Gasteiger partial charge on any atom is 0.125 e. The minimum absolute atomic E-state index is 0.415. The molecule has 0 nitrogen and oxygen atoms in total. The van der Waals surface area contributed by atoms with Crippen LogP contribution in [0.2, 0.25) is 0 Å². The molecule has 2 rings (SSSR count). The molecule has 0 aromatic heterocycles.